The molecule has 214 valence electrons. The van der Waals surface area contributed by atoms with E-state index in [1.165, 1.54) is 36.5 Å². The number of nitrogens with zero attached hydrogens (tertiary/aromatic N) is 1. The normalized spacial score (nSPS) is 24.7. The lowest BCUT2D eigenvalue weighted by atomic mass is 10.0. The van der Waals surface area contributed by atoms with Gasteiger partial charge < -0.3 is 20.1 Å². The molecular weight excluding hydrogens is 547 g/mol. The lowest BCUT2D eigenvalue weighted by Gasteiger charge is -2.36. The Balaban J connectivity index is 0.000000449. The van der Waals surface area contributed by atoms with Gasteiger partial charge >= 0.3 is 12.8 Å². The Morgan fingerprint density at radius 1 is 1.31 bits per heavy atom. The van der Waals surface area contributed by atoms with Crippen LogP contribution in [0.3, 0.4) is 0 Å². The van der Waals surface area contributed by atoms with Crippen molar-refractivity contribution in [2.75, 3.05) is 30.5 Å². The molecule has 0 saturated carbocycles. The van der Waals surface area contributed by atoms with Crippen LogP contribution in [-0.2, 0) is 15.5 Å². The SMILES string of the molecule is CNC1(C)CS(=O)C1.N=C(c1cccc(OC(F)F)c1)c1ncc(C=O)cc1NC1CCOC(C(F)(F)F)C1. The minimum atomic E-state index is -4.51. The summed E-state index contributed by atoms with van der Waals surface area (Å²) < 4.78 is 83.7. The van der Waals surface area contributed by atoms with Crippen molar-refractivity contribution in [1.82, 2.24) is 10.3 Å². The van der Waals surface area contributed by atoms with Gasteiger partial charge in [0, 0.05) is 64.2 Å². The van der Waals surface area contributed by atoms with Crippen LogP contribution in [-0.4, -0.2) is 76.8 Å². The van der Waals surface area contributed by atoms with Crippen molar-refractivity contribution in [3.8, 4) is 5.75 Å². The number of ether oxygens (including phenoxy) is 2. The molecule has 0 radical (unpaired) electrons. The van der Waals surface area contributed by atoms with Crippen LogP contribution in [0.15, 0.2) is 36.5 Å². The average molecular weight is 577 g/mol. The highest BCUT2D eigenvalue weighted by Gasteiger charge is 2.44. The summed E-state index contributed by atoms with van der Waals surface area (Å²) in [4.78, 5) is 15.2. The summed E-state index contributed by atoms with van der Waals surface area (Å²) in [6, 6.07) is 6.16. The van der Waals surface area contributed by atoms with E-state index in [1.807, 2.05) is 7.05 Å². The molecular formula is C25H29F5N4O4S. The quantitative estimate of drug-likeness (QED) is 0.246. The molecule has 3 heterocycles. The molecule has 2 fully saturated rings. The van der Waals surface area contributed by atoms with E-state index in [0.29, 0.717) is 6.29 Å². The van der Waals surface area contributed by atoms with Crippen LogP contribution in [0.4, 0.5) is 27.6 Å². The van der Waals surface area contributed by atoms with Crippen molar-refractivity contribution in [3.63, 3.8) is 0 Å². The van der Waals surface area contributed by atoms with Crippen molar-refractivity contribution in [1.29, 1.82) is 5.41 Å². The number of halogens is 5. The molecule has 3 N–H and O–H groups in total. The van der Waals surface area contributed by atoms with E-state index in [9.17, 15) is 31.0 Å². The second-order valence-corrected chi connectivity index (χ2v) is 10.8. The number of benzene rings is 1. The van der Waals surface area contributed by atoms with Crippen LogP contribution in [0.25, 0.3) is 0 Å². The van der Waals surface area contributed by atoms with Crippen molar-refractivity contribution in [3.05, 3.63) is 53.3 Å². The summed E-state index contributed by atoms with van der Waals surface area (Å²) in [6.45, 7) is -1.06. The first-order chi connectivity index (χ1) is 18.3. The van der Waals surface area contributed by atoms with Crippen molar-refractivity contribution < 1.29 is 40.4 Å². The molecule has 2 unspecified atom stereocenters. The van der Waals surface area contributed by atoms with E-state index in [2.05, 4.69) is 27.3 Å². The number of hydrogen-bond acceptors (Lipinski definition) is 8. The fourth-order valence-electron chi connectivity index (χ4n) is 4.01. The first-order valence-corrected chi connectivity index (χ1v) is 13.4. The van der Waals surface area contributed by atoms with Gasteiger partial charge in [-0.15, -0.1) is 0 Å². The Labute approximate surface area is 224 Å². The lowest BCUT2D eigenvalue weighted by molar-refractivity contribution is -0.230. The Morgan fingerprint density at radius 2 is 2.03 bits per heavy atom. The molecule has 14 heteroatoms. The molecule has 0 spiro atoms. The van der Waals surface area contributed by atoms with Crippen LogP contribution in [0, 0.1) is 5.41 Å². The second kappa shape index (κ2) is 12.9. The Bertz CT molecular complexity index is 1190. The highest BCUT2D eigenvalue weighted by atomic mass is 32.2. The fourth-order valence-corrected chi connectivity index (χ4v) is 5.63. The number of aromatic nitrogens is 1. The van der Waals surface area contributed by atoms with E-state index >= 15 is 0 Å². The molecule has 0 aliphatic carbocycles. The van der Waals surface area contributed by atoms with Gasteiger partial charge in [0.15, 0.2) is 12.4 Å². The average Bonchev–Trinajstić information content (AvgIpc) is 2.87. The highest BCUT2D eigenvalue weighted by Crippen LogP contribution is 2.32. The molecule has 39 heavy (non-hydrogen) atoms. The molecule has 0 amide bonds. The van der Waals surface area contributed by atoms with Gasteiger partial charge in [0.2, 0.25) is 0 Å². The largest absolute Gasteiger partial charge is 0.435 e. The van der Waals surface area contributed by atoms with Crippen LogP contribution in [0.1, 0.15) is 41.4 Å². The molecule has 2 aromatic rings. The molecule has 2 aliphatic heterocycles. The third kappa shape index (κ3) is 8.51. The summed E-state index contributed by atoms with van der Waals surface area (Å²) in [6.07, 6.45) is -4.77. The van der Waals surface area contributed by atoms with E-state index in [1.54, 1.807) is 0 Å². The Kier molecular flexibility index (Phi) is 10.1. The van der Waals surface area contributed by atoms with Gasteiger partial charge in [0.1, 0.15) is 11.4 Å². The van der Waals surface area contributed by atoms with Crippen LogP contribution in [0.2, 0.25) is 0 Å². The first-order valence-electron chi connectivity index (χ1n) is 11.9. The smallest absolute Gasteiger partial charge is 0.414 e. The summed E-state index contributed by atoms with van der Waals surface area (Å²) in [5.74, 6) is 1.49. The lowest BCUT2D eigenvalue weighted by Crippen LogP contribution is -2.58. The van der Waals surface area contributed by atoms with Crippen LogP contribution in [0.5, 0.6) is 5.75 Å². The summed E-state index contributed by atoms with van der Waals surface area (Å²) in [7, 11) is 1.39. The van der Waals surface area contributed by atoms with Gasteiger partial charge in [0.25, 0.3) is 0 Å². The number of alkyl halides is 5. The number of carbonyl (C=O) groups excluding carboxylic acids is 1. The number of hydrogen-bond donors (Lipinski definition) is 3. The van der Waals surface area contributed by atoms with Crippen LogP contribution >= 0.6 is 0 Å². The zero-order valence-corrected chi connectivity index (χ0v) is 22.0. The molecule has 8 nitrogen and oxygen atoms in total. The maximum atomic E-state index is 13.0. The van der Waals surface area contributed by atoms with Crippen molar-refractivity contribution in [2.45, 2.75) is 50.2 Å². The summed E-state index contributed by atoms with van der Waals surface area (Å²) >= 11 is 0. The topological polar surface area (TPSA) is 113 Å². The number of rotatable bonds is 8. The maximum Gasteiger partial charge on any atom is 0.414 e. The molecule has 1 aromatic heterocycles. The fraction of sp³-hybridized carbons (Fsp3) is 0.480. The molecule has 1 aromatic carbocycles. The summed E-state index contributed by atoms with van der Waals surface area (Å²) in [5.41, 5.74) is 0.600. The minimum Gasteiger partial charge on any atom is -0.435 e. The van der Waals surface area contributed by atoms with E-state index in [0.717, 1.165) is 11.5 Å². The van der Waals surface area contributed by atoms with Gasteiger partial charge in [0.05, 0.1) is 11.4 Å². The number of nitrogens with one attached hydrogen (secondary N) is 3. The summed E-state index contributed by atoms with van der Waals surface area (Å²) in [5, 5.41) is 14.5. The molecule has 4 rings (SSSR count). The van der Waals surface area contributed by atoms with Gasteiger partial charge in [-0.1, -0.05) is 12.1 Å². The number of anilines is 1. The molecule has 2 saturated heterocycles. The third-order valence-corrected chi connectivity index (χ3v) is 8.12. The predicted octanol–water partition coefficient (Wildman–Crippen LogP) is 4.16. The van der Waals surface area contributed by atoms with Gasteiger partial charge in [-0.25, -0.2) is 0 Å². The Morgan fingerprint density at radius 3 is 2.59 bits per heavy atom. The van der Waals surface area contributed by atoms with Crippen molar-refractivity contribution in [2.24, 2.45) is 0 Å². The number of pyridine rings is 1. The molecule has 2 atom stereocenters. The number of aldehydes is 1. The zero-order valence-electron chi connectivity index (χ0n) is 21.2. The molecule has 0 bridgehead atoms. The van der Waals surface area contributed by atoms with E-state index in [4.69, 9.17) is 10.1 Å². The minimum absolute atomic E-state index is 0.0508. The monoisotopic (exact) mass is 576 g/mol. The zero-order chi connectivity index (χ0) is 28.8. The van der Waals surface area contributed by atoms with E-state index in [-0.39, 0.29) is 59.0 Å². The third-order valence-electron chi connectivity index (χ3n) is 6.20. The van der Waals surface area contributed by atoms with E-state index < -0.39 is 35.7 Å². The number of carbonyl (C=O) groups is 1. The first kappa shape index (κ1) is 30.6. The van der Waals surface area contributed by atoms with Gasteiger partial charge in [-0.3, -0.25) is 19.4 Å². The van der Waals surface area contributed by atoms with Crippen LogP contribution < -0.4 is 15.4 Å². The van der Waals surface area contributed by atoms with Crippen molar-refractivity contribution >= 4 is 28.5 Å². The Hall–Kier alpha value is -2.97. The second-order valence-electron chi connectivity index (χ2n) is 9.37. The van der Waals surface area contributed by atoms with Gasteiger partial charge in [-0.05, 0) is 38.6 Å². The van der Waals surface area contributed by atoms with Gasteiger partial charge in [-0.2, -0.15) is 22.0 Å². The molecule has 2 aliphatic rings. The predicted molar refractivity (Wildman–Crippen MR) is 136 cm³/mol. The highest BCUT2D eigenvalue weighted by molar-refractivity contribution is 7.86. The maximum absolute atomic E-state index is 13.0. The standard InChI is InChI=1S/C20H18F5N3O3.C5H11NOS/c21-19(22)31-14-3-1-2-12(7-14)17(26)18-15(6-11(10-29)9-27-18)28-13-4-5-30-16(8-13)20(23,24)25;1-5(6-2)3-8(7)4-5/h1-3,6-7,9-10,13,16,19,26,28H,4-5,8H2;6H,3-4H2,1-2H3.